The Labute approximate surface area is 118 Å². The van der Waals surface area contributed by atoms with Crippen molar-refractivity contribution in [2.45, 2.75) is 26.3 Å². The summed E-state index contributed by atoms with van der Waals surface area (Å²) in [5, 5.41) is 2.75. The third-order valence-electron chi connectivity index (χ3n) is 3.41. The van der Waals surface area contributed by atoms with Crippen molar-refractivity contribution in [3.63, 3.8) is 0 Å². The van der Waals surface area contributed by atoms with Crippen LogP contribution in [-0.2, 0) is 16.0 Å². The van der Waals surface area contributed by atoms with Gasteiger partial charge in [-0.05, 0) is 31.5 Å². The van der Waals surface area contributed by atoms with Crippen LogP contribution in [0.25, 0.3) is 0 Å². The lowest BCUT2D eigenvalue weighted by molar-refractivity contribution is -0.142. The molecule has 1 N–H and O–H groups in total. The molecule has 0 aromatic heterocycles. The number of rotatable bonds is 4. The van der Waals surface area contributed by atoms with E-state index in [1.807, 2.05) is 31.2 Å². The van der Waals surface area contributed by atoms with E-state index in [9.17, 15) is 9.59 Å². The van der Waals surface area contributed by atoms with E-state index in [4.69, 9.17) is 4.74 Å². The highest BCUT2D eigenvalue weighted by atomic mass is 16.5. The molecule has 1 fully saturated rings. The number of hydrogen-bond acceptors (Lipinski definition) is 3. The van der Waals surface area contributed by atoms with Crippen LogP contribution in [0.15, 0.2) is 24.3 Å². The molecule has 0 radical (unpaired) electrons. The van der Waals surface area contributed by atoms with E-state index in [1.165, 1.54) is 0 Å². The van der Waals surface area contributed by atoms with Gasteiger partial charge in [-0.3, -0.25) is 9.59 Å². The van der Waals surface area contributed by atoms with Gasteiger partial charge < -0.3 is 15.0 Å². The quantitative estimate of drug-likeness (QED) is 0.891. The zero-order valence-electron chi connectivity index (χ0n) is 11.9. The Morgan fingerprint density at radius 1 is 1.40 bits per heavy atom. The van der Waals surface area contributed by atoms with Crippen LogP contribution in [0.4, 0.5) is 0 Å². The maximum atomic E-state index is 12.2. The molecule has 20 heavy (non-hydrogen) atoms. The Bertz CT molecular complexity index is 484. The molecule has 0 spiro atoms. The smallest absolute Gasteiger partial charge is 0.242 e. The first-order valence-corrected chi connectivity index (χ1v) is 6.90. The molecule has 1 aliphatic heterocycles. The Hall–Kier alpha value is -2.04. The average molecular weight is 276 g/mol. The Kier molecular flexibility index (Phi) is 4.61. The normalized spacial score (nSPS) is 18.6. The Morgan fingerprint density at radius 3 is 2.75 bits per heavy atom. The SMILES string of the molecule is CCOc1ccc(CC(=O)N2CCNC(=O)C2C)cc1. The molecule has 1 saturated heterocycles. The van der Waals surface area contributed by atoms with Crippen LogP contribution in [0.1, 0.15) is 19.4 Å². The third kappa shape index (κ3) is 3.29. The second kappa shape index (κ2) is 6.41. The second-order valence-electron chi connectivity index (χ2n) is 4.81. The highest BCUT2D eigenvalue weighted by Gasteiger charge is 2.28. The molecule has 0 aliphatic carbocycles. The maximum absolute atomic E-state index is 12.2. The highest BCUT2D eigenvalue weighted by Crippen LogP contribution is 2.14. The molecule has 2 rings (SSSR count). The van der Waals surface area contributed by atoms with Gasteiger partial charge in [0, 0.05) is 13.1 Å². The molecule has 1 aromatic rings. The van der Waals surface area contributed by atoms with E-state index in [0.29, 0.717) is 26.1 Å². The Balaban J connectivity index is 1.98. The van der Waals surface area contributed by atoms with Crippen LogP contribution in [-0.4, -0.2) is 42.5 Å². The molecule has 0 bridgehead atoms. The molecule has 1 aromatic carbocycles. The first-order chi connectivity index (χ1) is 9.61. The molecule has 1 unspecified atom stereocenters. The largest absolute Gasteiger partial charge is 0.494 e. The molecule has 1 aliphatic rings. The lowest BCUT2D eigenvalue weighted by Gasteiger charge is -2.32. The summed E-state index contributed by atoms with van der Waals surface area (Å²) in [7, 11) is 0. The van der Waals surface area contributed by atoms with Crippen LogP contribution in [0.5, 0.6) is 5.75 Å². The van der Waals surface area contributed by atoms with Gasteiger partial charge in [-0.15, -0.1) is 0 Å². The van der Waals surface area contributed by atoms with Crippen molar-refractivity contribution in [3.05, 3.63) is 29.8 Å². The summed E-state index contributed by atoms with van der Waals surface area (Å²) in [4.78, 5) is 25.4. The summed E-state index contributed by atoms with van der Waals surface area (Å²) in [6.45, 7) is 5.41. The zero-order valence-corrected chi connectivity index (χ0v) is 11.9. The minimum atomic E-state index is -0.390. The first-order valence-electron chi connectivity index (χ1n) is 6.90. The fourth-order valence-corrected chi connectivity index (χ4v) is 2.27. The topological polar surface area (TPSA) is 58.6 Å². The van der Waals surface area contributed by atoms with Gasteiger partial charge >= 0.3 is 0 Å². The first kappa shape index (κ1) is 14.4. The zero-order chi connectivity index (χ0) is 14.5. The van der Waals surface area contributed by atoms with Crippen molar-refractivity contribution in [2.75, 3.05) is 19.7 Å². The van der Waals surface area contributed by atoms with E-state index < -0.39 is 0 Å². The number of benzene rings is 1. The van der Waals surface area contributed by atoms with E-state index in [2.05, 4.69) is 5.32 Å². The van der Waals surface area contributed by atoms with Crippen LogP contribution in [0.2, 0.25) is 0 Å². The summed E-state index contributed by atoms with van der Waals surface area (Å²) in [5.41, 5.74) is 0.927. The average Bonchev–Trinajstić information content (AvgIpc) is 2.44. The van der Waals surface area contributed by atoms with Crippen molar-refractivity contribution < 1.29 is 14.3 Å². The van der Waals surface area contributed by atoms with Gasteiger partial charge in [-0.1, -0.05) is 12.1 Å². The van der Waals surface area contributed by atoms with Gasteiger partial charge in [0.05, 0.1) is 13.0 Å². The van der Waals surface area contributed by atoms with Crippen LogP contribution < -0.4 is 10.1 Å². The van der Waals surface area contributed by atoms with E-state index in [0.717, 1.165) is 11.3 Å². The number of hydrogen-bond donors (Lipinski definition) is 1. The minimum absolute atomic E-state index is 0.0171. The van der Waals surface area contributed by atoms with E-state index in [-0.39, 0.29) is 17.9 Å². The number of carbonyl (C=O) groups excluding carboxylic acids is 2. The van der Waals surface area contributed by atoms with Crippen molar-refractivity contribution in [1.29, 1.82) is 0 Å². The summed E-state index contributed by atoms with van der Waals surface area (Å²) in [6, 6.07) is 7.10. The van der Waals surface area contributed by atoms with Gasteiger partial charge in [0.25, 0.3) is 0 Å². The van der Waals surface area contributed by atoms with Gasteiger partial charge in [-0.25, -0.2) is 0 Å². The van der Waals surface area contributed by atoms with E-state index >= 15 is 0 Å². The predicted octanol–water partition coefficient (Wildman–Crippen LogP) is 0.975. The molecular formula is C15H20N2O3. The fourth-order valence-electron chi connectivity index (χ4n) is 2.27. The molecule has 2 amide bonds. The molecule has 1 atom stereocenters. The standard InChI is InChI=1S/C15H20N2O3/c1-3-20-13-6-4-12(5-7-13)10-14(18)17-9-8-16-15(19)11(17)2/h4-7,11H,3,8-10H2,1-2H3,(H,16,19). The van der Waals surface area contributed by atoms with Crippen molar-refractivity contribution in [3.8, 4) is 5.75 Å². The number of amides is 2. The molecule has 5 heteroatoms. The number of nitrogens with one attached hydrogen (secondary N) is 1. The minimum Gasteiger partial charge on any atom is -0.494 e. The highest BCUT2D eigenvalue weighted by molar-refractivity contribution is 5.89. The van der Waals surface area contributed by atoms with Crippen LogP contribution in [0.3, 0.4) is 0 Å². The number of carbonyl (C=O) groups is 2. The monoisotopic (exact) mass is 276 g/mol. The van der Waals surface area contributed by atoms with Crippen molar-refractivity contribution in [1.82, 2.24) is 10.2 Å². The second-order valence-corrected chi connectivity index (χ2v) is 4.81. The number of nitrogens with zero attached hydrogens (tertiary/aromatic N) is 1. The molecule has 108 valence electrons. The van der Waals surface area contributed by atoms with Gasteiger partial charge in [0.15, 0.2) is 0 Å². The maximum Gasteiger partial charge on any atom is 0.242 e. The summed E-state index contributed by atoms with van der Waals surface area (Å²) in [5.74, 6) is 0.697. The molecule has 5 nitrogen and oxygen atoms in total. The lowest BCUT2D eigenvalue weighted by Crippen LogP contribution is -2.56. The number of ether oxygens (including phenoxy) is 1. The molecular weight excluding hydrogens is 256 g/mol. The number of piperazine rings is 1. The lowest BCUT2D eigenvalue weighted by atomic mass is 10.1. The van der Waals surface area contributed by atoms with Crippen LogP contribution >= 0.6 is 0 Å². The fraction of sp³-hybridized carbons (Fsp3) is 0.467. The summed E-state index contributed by atoms with van der Waals surface area (Å²) >= 11 is 0. The van der Waals surface area contributed by atoms with Gasteiger partial charge in [-0.2, -0.15) is 0 Å². The van der Waals surface area contributed by atoms with Gasteiger partial charge in [0.1, 0.15) is 11.8 Å². The summed E-state index contributed by atoms with van der Waals surface area (Å²) in [6.07, 6.45) is 0.310. The summed E-state index contributed by atoms with van der Waals surface area (Å²) < 4.78 is 5.36. The van der Waals surface area contributed by atoms with Crippen molar-refractivity contribution in [2.24, 2.45) is 0 Å². The van der Waals surface area contributed by atoms with Crippen LogP contribution in [0, 0.1) is 0 Å². The van der Waals surface area contributed by atoms with Crippen molar-refractivity contribution >= 4 is 11.8 Å². The predicted molar refractivity (Wildman–Crippen MR) is 75.5 cm³/mol. The third-order valence-corrected chi connectivity index (χ3v) is 3.41. The molecule has 1 heterocycles. The van der Waals surface area contributed by atoms with E-state index in [1.54, 1.807) is 11.8 Å². The van der Waals surface area contributed by atoms with Gasteiger partial charge in [0.2, 0.25) is 11.8 Å². The molecule has 0 saturated carbocycles. The Morgan fingerprint density at radius 2 is 2.10 bits per heavy atom.